The molecule has 0 bridgehead atoms. The predicted molar refractivity (Wildman–Crippen MR) is 104 cm³/mol. The Kier molecular flexibility index (Phi) is 4.76. The molecule has 1 unspecified atom stereocenters. The summed E-state index contributed by atoms with van der Waals surface area (Å²) in [7, 11) is 0. The Bertz CT molecular complexity index is 697. The van der Waals surface area contributed by atoms with Gasteiger partial charge in [0.25, 0.3) is 0 Å². The monoisotopic (exact) mass is 335 g/mol. The summed E-state index contributed by atoms with van der Waals surface area (Å²) in [5.41, 5.74) is 5.06. The van der Waals surface area contributed by atoms with Gasteiger partial charge in [0.05, 0.1) is 11.7 Å². The molecule has 1 saturated carbocycles. The molecule has 2 heterocycles. The molecule has 1 atom stereocenters. The largest absolute Gasteiger partial charge is 0.371 e. The highest BCUT2D eigenvalue weighted by atomic mass is 15.2. The number of aromatic nitrogens is 1. The van der Waals surface area contributed by atoms with Crippen LogP contribution in [0.3, 0.4) is 0 Å². The average Bonchev–Trinajstić information content (AvgIpc) is 3.46. The van der Waals surface area contributed by atoms with Crippen LogP contribution in [0, 0.1) is 19.8 Å². The minimum absolute atomic E-state index is 0.441. The molecule has 1 aromatic heterocycles. The highest BCUT2D eigenvalue weighted by molar-refractivity contribution is 5.47. The van der Waals surface area contributed by atoms with Crippen molar-refractivity contribution in [3.05, 3.63) is 59.4 Å². The molecule has 1 aromatic carbocycles. The second-order valence-corrected chi connectivity index (χ2v) is 7.78. The van der Waals surface area contributed by atoms with Crippen LogP contribution in [0.15, 0.2) is 42.5 Å². The Morgan fingerprint density at radius 3 is 2.32 bits per heavy atom. The molecular weight excluding hydrogens is 306 g/mol. The van der Waals surface area contributed by atoms with Gasteiger partial charge in [-0.15, -0.1) is 0 Å². The zero-order chi connectivity index (χ0) is 17.2. The van der Waals surface area contributed by atoms with Gasteiger partial charge in [-0.05, 0) is 69.7 Å². The van der Waals surface area contributed by atoms with E-state index >= 15 is 0 Å². The van der Waals surface area contributed by atoms with Gasteiger partial charge < -0.3 is 10.2 Å². The van der Waals surface area contributed by atoms with Crippen LogP contribution in [0.5, 0.6) is 0 Å². The maximum Gasteiger partial charge on any atom is 0.0579 e. The lowest BCUT2D eigenvalue weighted by atomic mass is 10.00. The van der Waals surface area contributed by atoms with Crippen LogP contribution < -0.4 is 10.2 Å². The average molecular weight is 335 g/mol. The first-order chi connectivity index (χ1) is 12.2. The SMILES string of the molecule is Cc1ccc(N2CCC(NC(c3cccc(C)n3)C3CC3)CC2)cc1. The molecule has 3 heteroatoms. The molecule has 1 aliphatic carbocycles. The van der Waals surface area contributed by atoms with Gasteiger partial charge in [0.2, 0.25) is 0 Å². The van der Waals surface area contributed by atoms with Crippen molar-refractivity contribution in [2.24, 2.45) is 5.92 Å². The standard InChI is InChI=1S/C22H29N3/c1-16-6-10-20(11-7-16)25-14-12-19(13-15-25)24-22(18-8-9-18)21-5-3-4-17(2)23-21/h3-7,10-11,18-19,22,24H,8-9,12-15H2,1-2H3. The summed E-state index contributed by atoms with van der Waals surface area (Å²) in [6, 6.07) is 16.4. The van der Waals surface area contributed by atoms with E-state index in [2.05, 4.69) is 66.5 Å². The Morgan fingerprint density at radius 1 is 0.960 bits per heavy atom. The first-order valence-electron chi connectivity index (χ1n) is 9.70. The second-order valence-electron chi connectivity index (χ2n) is 7.78. The van der Waals surface area contributed by atoms with E-state index in [1.54, 1.807) is 0 Å². The number of pyridine rings is 1. The maximum absolute atomic E-state index is 4.80. The summed E-state index contributed by atoms with van der Waals surface area (Å²) in [6.45, 7) is 6.52. The van der Waals surface area contributed by atoms with Crippen LogP contribution in [0.4, 0.5) is 5.69 Å². The molecule has 3 nitrogen and oxygen atoms in total. The predicted octanol–water partition coefficient (Wildman–Crippen LogP) is 4.41. The smallest absolute Gasteiger partial charge is 0.0579 e. The van der Waals surface area contributed by atoms with E-state index in [1.807, 2.05) is 0 Å². The number of anilines is 1. The van der Waals surface area contributed by atoms with Crippen molar-refractivity contribution in [2.75, 3.05) is 18.0 Å². The number of benzene rings is 1. The van der Waals surface area contributed by atoms with Crippen LogP contribution in [0.25, 0.3) is 0 Å². The van der Waals surface area contributed by atoms with Gasteiger partial charge in [-0.25, -0.2) is 0 Å². The van der Waals surface area contributed by atoms with E-state index in [-0.39, 0.29) is 0 Å². The Hall–Kier alpha value is -1.87. The van der Waals surface area contributed by atoms with Gasteiger partial charge in [-0.3, -0.25) is 4.98 Å². The lowest BCUT2D eigenvalue weighted by molar-refractivity contribution is 0.345. The van der Waals surface area contributed by atoms with Crippen LogP contribution in [-0.4, -0.2) is 24.1 Å². The number of nitrogens with zero attached hydrogens (tertiary/aromatic N) is 2. The fourth-order valence-corrected chi connectivity index (χ4v) is 3.94. The zero-order valence-electron chi connectivity index (χ0n) is 15.4. The highest BCUT2D eigenvalue weighted by Gasteiger charge is 2.35. The van der Waals surface area contributed by atoms with Crippen LogP contribution in [0.1, 0.15) is 48.7 Å². The van der Waals surface area contributed by atoms with Crippen molar-refractivity contribution in [3.8, 4) is 0 Å². The number of hydrogen-bond donors (Lipinski definition) is 1. The van der Waals surface area contributed by atoms with Crippen molar-refractivity contribution < 1.29 is 0 Å². The summed E-state index contributed by atoms with van der Waals surface area (Å²) in [6.07, 6.45) is 5.11. The minimum atomic E-state index is 0.441. The lowest BCUT2D eigenvalue weighted by Crippen LogP contribution is -2.44. The fourth-order valence-electron chi connectivity index (χ4n) is 3.94. The quantitative estimate of drug-likeness (QED) is 0.877. The molecule has 0 spiro atoms. The maximum atomic E-state index is 4.80. The fraction of sp³-hybridized carbons (Fsp3) is 0.500. The van der Waals surface area contributed by atoms with Crippen molar-refractivity contribution in [3.63, 3.8) is 0 Å². The molecule has 2 aromatic rings. The van der Waals surface area contributed by atoms with Crippen molar-refractivity contribution in [2.45, 2.75) is 51.6 Å². The van der Waals surface area contributed by atoms with Gasteiger partial charge in [0.1, 0.15) is 0 Å². The van der Waals surface area contributed by atoms with E-state index in [1.165, 1.54) is 42.6 Å². The third-order valence-electron chi connectivity index (χ3n) is 5.63. The molecule has 1 saturated heterocycles. The van der Waals surface area contributed by atoms with E-state index < -0.39 is 0 Å². The Morgan fingerprint density at radius 2 is 1.68 bits per heavy atom. The van der Waals surface area contributed by atoms with Crippen molar-refractivity contribution in [1.82, 2.24) is 10.3 Å². The summed E-state index contributed by atoms with van der Waals surface area (Å²) in [5, 5.41) is 3.95. The van der Waals surface area contributed by atoms with Gasteiger partial charge in [0.15, 0.2) is 0 Å². The van der Waals surface area contributed by atoms with Crippen molar-refractivity contribution in [1.29, 1.82) is 0 Å². The Balaban J connectivity index is 1.37. The van der Waals surface area contributed by atoms with Crippen LogP contribution in [0.2, 0.25) is 0 Å². The number of rotatable bonds is 5. The molecule has 0 amide bonds. The van der Waals surface area contributed by atoms with Gasteiger partial charge >= 0.3 is 0 Å². The molecule has 1 N–H and O–H groups in total. The summed E-state index contributed by atoms with van der Waals surface area (Å²) in [4.78, 5) is 7.32. The second kappa shape index (κ2) is 7.17. The molecule has 2 aliphatic rings. The molecule has 132 valence electrons. The number of nitrogens with one attached hydrogen (secondary N) is 1. The van der Waals surface area contributed by atoms with Gasteiger partial charge in [-0.1, -0.05) is 23.8 Å². The van der Waals surface area contributed by atoms with E-state index in [4.69, 9.17) is 4.98 Å². The van der Waals surface area contributed by atoms with Crippen LogP contribution >= 0.6 is 0 Å². The third kappa shape index (κ3) is 4.04. The lowest BCUT2D eigenvalue weighted by Gasteiger charge is -2.36. The number of aryl methyl sites for hydroxylation is 2. The van der Waals surface area contributed by atoms with Crippen molar-refractivity contribution >= 4 is 5.69 Å². The normalized spacial score (nSPS) is 19.8. The van der Waals surface area contributed by atoms with E-state index in [9.17, 15) is 0 Å². The van der Waals surface area contributed by atoms with Gasteiger partial charge in [0, 0.05) is 30.5 Å². The molecule has 4 rings (SSSR count). The first-order valence-corrected chi connectivity index (χ1v) is 9.70. The summed E-state index contributed by atoms with van der Waals surface area (Å²) < 4.78 is 0. The summed E-state index contributed by atoms with van der Waals surface area (Å²) >= 11 is 0. The molecule has 2 fully saturated rings. The zero-order valence-corrected chi connectivity index (χ0v) is 15.4. The van der Waals surface area contributed by atoms with E-state index in [0.29, 0.717) is 12.1 Å². The molecule has 25 heavy (non-hydrogen) atoms. The number of hydrogen-bond acceptors (Lipinski definition) is 3. The first kappa shape index (κ1) is 16.6. The topological polar surface area (TPSA) is 28.2 Å². The summed E-state index contributed by atoms with van der Waals surface area (Å²) in [5.74, 6) is 0.782. The third-order valence-corrected chi connectivity index (χ3v) is 5.63. The molecule has 0 radical (unpaired) electrons. The Labute approximate surface area is 151 Å². The highest BCUT2D eigenvalue weighted by Crippen LogP contribution is 2.41. The minimum Gasteiger partial charge on any atom is -0.371 e. The molecular formula is C22H29N3. The van der Waals surface area contributed by atoms with Crippen LogP contribution in [-0.2, 0) is 0 Å². The molecule has 1 aliphatic heterocycles. The number of piperidine rings is 1. The van der Waals surface area contributed by atoms with Gasteiger partial charge in [-0.2, -0.15) is 0 Å². The van der Waals surface area contributed by atoms with E-state index in [0.717, 1.165) is 24.7 Å².